The number of hydrogen-bond donors (Lipinski definition) is 1. The van der Waals surface area contributed by atoms with Crippen molar-refractivity contribution in [1.29, 1.82) is 0 Å². The highest BCUT2D eigenvalue weighted by Crippen LogP contribution is 2.39. The quantitative estimate of drug-likeness (QED) is 0.657. The molecular formula is C18H18F3NO5S2. The number of thiophene rings is 1. The topological polar surface area (TPSA) is 81.7 Å². The van der Waals surface area contributed by atoms with Gasteiger partial charge in [0.25, 0.3) is 10.0 Å². The normalized spacial score (nSPS) is 14.2. The van der Waals surface area contributed by atoms with Crippen LogP contribution in [0.5, 0.6) is 5.75 Å². The molecule has 1 aliphatic carbocycles. The average molecular weight is 449 g/mol. The number of halogens is 3. The molecular weight excluding hydrogens is 431 g/mol. The second-order valence-corrected chi connectivity index (χ2v) is 9.05. The van der Waals surface area contributed by atoms with E-state index in [0.29, 0.717) is 6.42 Å². The smallest absolute Gasteiger partial charge is 0.462 e. The van der Waals surface area contributed by atoms with Crippen molar-refractivity contribution in [3.8, 4) is 5.75 Å². The van der Waals surface area contributed by atoms with Crippen LogP contribution in [0.3, 0.4) is 0 Å². The zero-order valence-electron chi connectivity index (χ0n) is 15.3. The van der Waals surface area contributed by atoms with Crippen molar-refractivity contribution >= 4 is 32.3 Å². The minimum atomic E-state index is -4.87. The van der Waals surface area contributed by atoms with Crippen LogP contribution in [0.15, 0.2) is 29.2 Å². The molecule has 0 saturated heterocycles. The predicted octanol–water partition coefficient (Wildman–Crippen LogP) is 4.50. The SMILES string of the molecule is CCOC(=O)c1c(NS(=O)(=O)c2ccc(OC(F)(F)F)cc2)sc2c1CCCC2. The van der Waals surface area contributed by atoms with Crippen LogP contribution >= 0.6 is 11.3 Å². The summed E-state index contributed by atoms with van der Waals surface area (Å²) in [4.78, 5) is 13.1. The third-order valence-electron chi connectivity index (χ3n) is 4.25. The number of hydrogen-bond acceptors (Lipinski definition) is 6. The average Bonchev–Trinajstić information content (AvgIpc) is 2.98. The molecule has 2 aromatic rings. The van der Waals surface area contributed by atoms with Gasteiger partial charge in [-0.25, -0.2) is 13.2 Å². The molecule has 0 amide bonds. The molecule has 0 radical (unpaired) electrons. The highest BCUT2D eigenvalue weighted by molar-refractivity contribution is 7.93. The molecule has 1 aromatic heterocycles. The van der Waals surface area contributed by atoms with E-state index in [0.717, 1.165) is 54.0 Å². The highest BCUT2D eigenvalue weighted by atomic mass is 32.2. The molecule has 11 heteroatoms. The van der Waals surface area contributed by atoms with Crippen LogP contribution < -0.4 is 9.46 Å². The van der Waals surface area contributed by atoms with Crippen LogP contribution in [0.2, 0.25) is 0 Å². The summed E-state index contributed by atoms with van der Waals surface area (Å²) >= 11 is 1.18. The number of benzene rings is 1. The lowest BCUT2D eigenvalue weighted by Crippen LogP contribution is -2.18. The Kier molecular flexibility index (Phi) is 6.08. The van der Waals surface area contributed by atoms with Gasteiger partial charge in [-0.2, -0.15) is 0 Å². The number of rotatable bonds is 6. The van der Waals surface area contributed by atoms with Crippen LogP contribution in [0.25, 0.3) is 0 Å². The van der Waals surface area contributed by atoms with Crippen LogP contribution in [0, 0.1) is 0 Å². The Labute approximate surface area is 169 Å². The fourth-order valence-electron chi connectivity index (χ4n) is 3.06. The van der Waals surface area contributed by atoms with Crippen molar-refractivity contribution in [2.24, 2.45) is 0 Å². The van der Waals surface area contributed by atoms with Gasteiger partial charge < -0.3 is 9.47 Å². The molecule has 0 aliphatic heterocycles. The number of alkyl halides is 3. The van der Waals surface area contributed by atoms with E-state index in [-0.39, 0.29) is 22.1 Å². The van der Waals surface area contributed by atoms with Crippen molar-refractivity contribution in [2.45, 2.75) is 43.9 Å². The molecule has 0 atom stereocenters. The van der Waals surface area contributed by atoms with Gasteiger partial charge in [-0.1, -0.05) is 0 Å². The molecule has 1 heterocycles. The Balaban J connectivity index is 1.90. The van der Waals surface area contributed by atoms with Gasteiger partial charge in [0, 0.05) is 4.88 Å². The molecule has 158 valence electrons. The molecule has 0 unspecified atom stereocenters. The number of carbonyl (C=O) groups excluding carboxylic acids is 1. The van der Waals surface area contributed by atoms with E-state index in [1.54, 1.807) is 6.92 Å². The van der Waals surface area contributed by atoms with E-state index >= 15 is 0 Å². The summed E-state index contributed by atoms with van der Waals surface area (Å²) in [6.45, 7) is 1.81. The number of nitrogens with one attached hydrogen (secondary N) is 1. The number of carbonyl (C=O) groups is 1. The summed E-state index contributed by atoms with van der Waals surface area (Å²) in [7, 11) is -4.13. The van der Waals surface area contributed by atoms with Gasteiger partial charge in [0.15, 0.2) is 0 Å². The number of fused-ring (bicyclic) bond motifs is 1. The van der Waals surface area contributed by atoms with Crippen molar-refractivity contribution in [1.82, 2.24) is 0 Å². The molecule has 0 fully saturated rings. The van der Waals surface area contributed by atoms with Gasteiger partial charge in [0.05, 0.1) is 17.1 Å². The second kappa shape index (κ2) is 8.23. The van der Waals surface area contributed by atoms with Crippen LogP contribution in [-0.4, -0.2) is 27.4 Å². The van der Waals surface area contributed by atoms with Gasteiger partial charge in [-0.15, -0.1) is 24.5 Å². The number of anilines is 1. The van der Waals surface area contributed by atoms with E-state index in [1.165, 1.54) is 11.3 Å². The molecule has 29 heavy (non-hydrogen) atoms. The van der Waals surface area contributed by atoms with Crippen LogP contribution in [0.1, 0.15) is 40.6 Å². The second-order valence-electron chi connectivity index (χ2n) is 6.26. The summed E-state index contributed by atoms with van der Waals surface area (Å²) in [5, 5.41) is 0.158. The lowest BCUT2D eigenvalue weighted by Gasteiger charge is -2.13. The van der Waals surface area contributed by atoms with E-state index in [4.69, 9.17) is 4.74 Å². The molecule has 6 nitrogen and oxygen atoms in total. The Morgan fingerprint density at radius 2 is 1.83 bits per heavy atom. The maximum Gasteiger partial charge on any atom is 0.573 e. The summed E-state index contributed by atoms with van der Waals surface area (Å²) in [5.74, 6) is -1.13. The first-order valence-electron chi connectivity index (χ1n) is 8.81. The molecule has 1 aliphatic rings. The van der Waals surface area contributed by atoms with E-state index < -0.39 is 28.1 Å². The Morgan fingerprint density at radius 3 is 2.45 bits per heavy atom. The van der Waals surface area contributed by atoms with Crippen molar-refractivity contribution in [3.05, 3.63) is 40.3 Å². The zero-order valence-corrected chi connectivity index (χ0v) is 17.0. The Hall–Kier alpha value is -2.27. The zero-order chi connectivity index (χ0) is 21.2. The first kappa shape index (κ1) is 21.4. The molecule has 3 rings (SSSR count). The summed E-state index contributed by atoms with van der Waals surface area (Å²) in [6, 6.07) is 3.82. The molecule has 0 bridgehead atoms. The van der Waals surface area contributed by atoms with E-state index in [1.807, 2.05) is 0 Å². The molecule has 1 aromatic carbocycles. The van der Waals surface area contributed by atoms with E-state index in [9.17, 15) is 26.4 Å². The number of aryl methyl sites for hydroxylation is 1. The largest absolute Gasteiger partial charge is 0.573 e. The maximum atomic E-state index is 12.7. The summed E-state index contributed by atoms with van der Waals surface area (Å²) in [6.07, 6.45) is -1.63. The number of sulfonamides is 1. The monoisotopic (exact) mass is 449 g/mol. The minimum absolute atomic E-state index is 0.149. The van der Waals surface area contributed by atoms with Crippen molar-refractivity contribution < 1.29 is 35.9 Å². The number of ether oxygens (including phenoxy) is 2. The van der Waals surface area contributed by atoms with Crippen LogP contribution in [0.4, 0.5) is 18.2 Å². The Morgan fingerprint density at radius 1 is 1.17 bits per heavy atom. The fraction of sp³-hybridized carbons (Fsp3) is 0.389. The highest BCUT2D eigenvalue weighted by Gasteiger charge is 2.32. The standard InChI is InChI=1S/C18H18F3NO5S2/c1-2-26-17(23)15-13-5-3-4-6-14(13)28-16(15)22-29(24,25)12-9-7-11(8-10-12)27-18(19,20)21/h7-10,22H,2-6H2,1H3. The maximum absolute atomic E-state index is 12.7. The van der Waals surface area contributed by atoms with Gasteiger partial charge in [0.1, 0.15) is 10.8 Å². The summed E-state index contributed by atoms with van der Waals surface area (Å²) in [5.41, 5.74) is 1.01. The number of esters is 1. The van der Waals surface area contributed by atoms with Gasteiger partial charge in [-0.05, 0) is 62.4 Å². The van der Waals surface area contributed by atoms with Crippen molar-refractivity contribution in [3.63, 3.8) is 0 Å². The molecule has 0 saturated carbocycles. The first-order valence-corrected chi connectivity index (χ1v) is 11.1. The lowest BCUT2D eigenvalue weighted by molar-refractivity contribution is -0.274. The summed E-state index contributed by atoms with van der Waals surface area (Å²) < 4.78 is 73.5. The minimum Gasteiger partial charge on any atom is -0.462 e. The van der Waals surface area contributed by atoms with Crippen LogP contribution in [-0.2, 0) is 27.6 Å². The Bertz CT molecular complexity index is 998. The molecule has 1 N–H and O–H groups in total. The van der Waals surface area contributed by atoms with Gasteiger partial charge in [0.2, 0.25) is 0 Å². The van der Waals surface area contributed by atoms with E-state index in [2.05, 4.69) is 9.46 Å². The third-order valence-corrected chi connectivity index (χ3v) is 6.95. The van der Waals surface area contributed by atoms with Gasteiger partial charge >= 0.3 is 12.3 Å². The van der Waals surface area contributed by atoms with Crippen molar-refractivity contribution in [2.75, 3.05) is 11.3 Å². The fourth-order valence-corrected chi connectivity index (χ4v) is 5.64. The lowest BCUT2D eigenvalue weighted by atomic mass is 9.95. The third kappa shape index (κ3) is 5.02. The first-order chi connectivity index (χ1) is 13.6. The predicted molar refractivity (Wildman–Crippen MR) is 101 cm³/mol. The molecule has 0 spiro atoms. The van der Waals surface area contributed by atoms with Gasteiger partial charge in [-0.3, -0.25) is 4.72 Å².